The topological polar surface area (TPSA) is 71.1 Å². The van der Waals surface area contributed by atoms with E-state index in [0.717, 1.165) is 30.0 Å². The molecule has 1 aromatic carbocycles. The van der Waals surface area contributed by atoms with Gasteiger partial charge in [-0.2, -0.15) is 0 Å². The SMILES string of the molecule is O=C(Nc1nc2c(s1)CCC2C(=O)NCC1CCCCC1)c1ccccc1. The van der Waals surface area contributed by atoms with Gasteiger partial charge in [-0.05, 0) is 43.7 Å². The molecule has 2 aliphatic carbocycles. The molecule has 0 spiro atoms. The summed E-state index contributed by atoms with van der Waals surface area (Å²) < 4.78 is 0. The minimum atomic E-state index is -0.179. The number of aryl methyl sites for hydroxylation is 1. The molecule has 1 atom stereocenters. The third-order valence-corrected chi connectivity index (χ3v) is 6.63. The summed E-state index contributed by atoms with van der Waals surface area (Å²) in [7, 11) is 0. The first-order valence-corrected chi connectivity index (χ1v) is 10.7. The molecule has 2 N–H and O–H groups in total. The molecule has 27 heavy (non-hydrogen) atoms. The van der Waals surface area contributed by atoms with Crippen molar-refractivity contribution in [1.82, 2.24) is 10.3 Å². The highest BCUT2D eigenvalue weighted by molar-refractivity contribution is 7.16. The number of hydrogen-bond acceptors (Lipinski definition) is 4. The lowest BCUT2D eigenvalue weighted by Gasteiger charge is -2.22. The van der Waals surface area contributed by atoms with E-state index < -0.39 is 0 Å². The number of carbonyl (C=O) groups excluding carboxylic acids is 2. The normalized spacial score (nSPS) is 19.5. The Bertz CT molecular complexity index is 812. The second-order valence-electron chi connectivity index (χ2n) is 7.49. The number of hydrogen-bond donors (Lipinski definition) is 2. The predicted molar refractivity (Wildman–Crippen MR) is 107 cm³/mol. The van der Waals surface area contributed by atoms with E-state index >= 15 is 0 Å². The monoisotopic (exact) mass is 383 g/mol. The molecule has 0 saturated heterocycles. The molecule has 1 saturated carbocycles. The maximum Gasteiger partial charge on any atom is 0.257 e. The summed E-state index contributed by atoms with van der Waals surface area (Å²) >= 11 is 1.49. The van der Waals surface area contributed by atoms with Crippen molar-refractivity contribution in [2.45, 2.75) is 50.9 Å². The summed E-state index contributed by atoms with van der Waals surface area (Å²) in [5.41, 5.74) is 1.46. The van der Waals surface area contributed by atoms with E-state index in [2.05, 4.69) is 15.6 Å². The molecule has 5 nitrogen and oxygen atoms in total. The predicted octanol–water partition coefficient (Wildman–Crippen LogP) is 4.12. The van der Waals surface area contributed by atoms with Gasteiger partial charge in [0, 0.05) is 17.0 Å². The Hall–Kier alpha value is -2.21. The van der Waals surface area contributed by atoms with E-state index in [9.17, 15) is 9.59 Å². The molecule has 0 radical (unpaired) electrons. The van der Waals surface area contributed by atoms with Crippen molar-refractivity contribution in [3.05, 3.63) is 46.5 Å². The molecule has 2 amide bonds. The Kier molecular flexibility index (Phi) is 5.53. The minimum Gasteiger partial charge on any atom is -0.355 e. The highest BCUT2D eigenvalue weighted by Crippen LogP contribution is 2.38. The van der Waals surface area contributed by atoms with Crippen molar-refractivity contribution in [1.29, 1.82) is 0 Å². The number of anilines is 1. The van der Waals surface area contributed by atoms with Crippen molar-refractivity contribution < 1.29 is 9.59 Å². The first-order valence-electron chi connectivity index (χ1n) is 9.84. The van der Waals surface area contributed by atoms with Crippen LogP contribution >= 0.6 is 11.3 Å². The lowest BCUT2D eigenvalue weighted by Crippen LogP contribution is -2.33. The van der Waals surface area contributed by atoms with Crippen LogP contribution in [-0.4, -0.2) is 23.3 Å². The average Bonchev–Trinajstić information content (AvgIpc) is 3.27. The van der Waals surface area contributed by atoms with Crippen LogP contribution in [0.2, 0.25) is 0 Å². The largest absolute Gasteiger partial charge is 0.355 e. The molecule has 0 bridgehead atoms. The van der Waals surface area contributed by atoms with Crippen LogP contribution in [0.1, 0.15) is 65.4 Å². The molecule has 6 heteroatoms. The third-order valence-electron chi connectivity index (χ3n) is 5.58. The molecule has 2 aromatic rings. The first kappa shape index (κ1) is 18.2. The Balaban J connectivity index is 1.37. The number of aromatic nitrogens is 1. The van der Waals surface area contributed by atoms with Crippen molar-refractivity contribution in [2.75, 3.05) is 11.9 Å². The van der Waals surface area contributed by atoms with Gasteiger partial charge in [0.15, 0.2) is 5.13 Å². The Morgan fingerprint density at radius 1 is 1.07 bits per heavy atom. The Morgan fingerprint density at radius 2 is 1.85 bits per heavy atom. The van der Waals surface area contributed by atoms with Crippen molar-refractivity contribution in [2.24, 2.45) is 5.92 Å². The van der Waals surface area contributed by atoms with Gasteiger partial charge >= 0.3 is 0 Å². The first-order chi connectivity index (χ1) is 13.2. The number of fused-ring (bicyclic) bond motifs is 1. The minimum absolute atomic E-state index is 0.0885. The number of nitrogens with zero attached hydrogens (tertiary/aromatic N) is 1. The van der Waals surface area contributed by atoms with E-state index in [1.165, 1.54) is 43.4 Å². The summed E-state index contributed by atoms with van der Waals surface area (Å²) in [5.74, 6) is 0.369. The van der Waals surface area contributed by atoms with Gasteiger partial charge in [0.25, 0.3) is 5.91 Å². The van der Waals surface area contributed by atoms with Crippen LogP contribution in [0, 0.1) is 5.92 Å². The standard InChI is InChI=1S/C21H25N3O2S/c25-19(15-9-5-2-6-10-15)24-21-23-18-16(11-12-17(18)27-21)20(26)22-13-14-7-3-1-4-8-14/h2,5-6,9-10,14,16H,1,3-4,7-8,11-13H2,(H,22,26)(H,23,24,25). The number of carbonyl (C=O) groups is 2. The molecule has 0 aliphatic heterocycles. The summed E-state index contributed by atoms with van der Waals surface area (Å²) in [6.07, 6.45) is 8.01. The highest BCUT2D eigenvalue weighted by atomic mass is 32.1. The van der Waals surface area contributed by atoms with Gasteiger partial charge in [-0.25, -0.2) is 4.98 Å². The van der Waals surface area contributed by atoms with Gasteiger partial charge in [0.2, 0.25) is 5.91 Å². The van der Waals surface area contributed by atoms with Gasteiger partial charge < -0.3 is 5.32 Å². The van der Waals surface area contributed by atoms with Crippen molar-refractivity contribution in [3.63, 3.8) is 0 Å². The van der Waals surface area contributed by atoms with Gasteiger partial charge in [-0.15, -0.1) is 11.3 Å². The van der Waals surface area contributed by atoms with Gasteiger partial charge in [-0.1, -0.05) is 37.5 Å². The molecule has 1 aromatic heterocycles. The quantitative estimate of drug-likeness (QED) is 0.816. The smallest absolute Gasteiger partial charge is 0.257 e. The number of benzene rings is 1. The zero-order valence-electron chi connectivity index (χ0n) is 15.4. The third kappa shape index (κ3) is 4.21. The van der Waals surface area contributed by atoms with Gasteiger partial charge in [0.1, 0.15) is 0 Å². The number of thiazole rings is 1. The molecule has 1 unspecified atom stereocenters. The Morgan fingerprint density at radius 3 is 2.63 bits per heavy atom. The fourth-order valence-corrected chi connectivity index (χ4v) is 5.09. The van der Waals surface area contributed by atoms with Crippen LogP contribution in [0.5, 0.6) is 0 Å². The zero-order chi connectivity index (χ0) is 18.6. The van der Waals surface area contributed by atoms with E-state index in [0.29, 0.717) is 16.6 Å². The average molecular weight is 384 g/mol. The number of amides is 2. The molecular weight excluding hydrogens is 358 g/mol. The summed E-state index contributed by atoms with van der Waals surface area (Å²) in [6, 6.07) is 9.11. The summed E-state index contributed by atoms with van der Waals surface area (Å²) in [6.45, 7) is 0.784. The van der Waals surface area contributed by atoms with Gasteiger partial charge in [-0.3, -0.25) is 14.9 Å². The molecule has 1 heterocycles. The van der Waals surface area contributed by atoms with E-state index in [4.69, 9.17) is 0 Å². The molecule has 142 valence electrons. The van der Waals surface area contributed by atoms with Crippen LogP contribution < -0.4 is 10.6 Å². The van der Waals surface area contributed by atoms with Crippen LogP contribution in [0.15, 0.2) is 30.3 Å². The van der Waals surface area contributed by atoms with Crippen LogP contribution in [0.3, 0.4) is 0 Å². The fraction of sp³-hybridized carbons (Fsp3) is 0.476. The Labute approximate surface area is 163 Å². The van der Waals surface area contributed by atoms with Gasteiger partial charge in [0.05, 0.1) is 11.6 Å². The fourth-order valence-electron chi connectivity index (χ4n) is 4.05. The van der Waals surface area contributed by atoms with Crippen molar-refractivity contribution in [3.8, 4) is 0 Å². The van der Waals surface area contributed by atoms with E-state index in [1.54, 1.807) is 12.1 Å². The zero-order valence-corrected chi connectivity index (χ0v) is 16.2. The molecular formula is C21H25N3O2S. The summed E-state index contributed by atoms with van der Waals surface area (Å²) in [4.78, 5) is 30.7. The van der Waals surface area contributed by atoms with Crippen LogP contribution in [0.4, 0.5) is 5.13 Å². The number of rotatable bonds is 5. The van der Waals surface area contributed by atoms with Crippen LogP contribution in [0.25, 0.3) is 0 Å². The maximum atomic E-state index is 12.7. The van der Waals surface area contributed by atoms with E-state index in [-0.39, 0.29) is 17.7 Å². The second-order valence-corrected chi connectivity index (χ2v) is 8.57. The molecule has 1 fully saturated rings. The maximum absolute atomic E-state index is 12.7. The second kappa shape index (κ2) is 8.21. The van der Waals surface area contributed by atoms with Crippen molar-refractivity contribution >= 4 is 28.3 Å². The van der Waals surface area contributed by atoms with Crippen LogP contribution in [-0.2, 0) is 11.2 Å². The lowest BCUT2D eigenvalue weighted by atomic mass is 9.89. The summed E-state index contributed by atoms with van der Waals surface area (Å²) in [5, 5.41) is 6.60. The molecule has 2 aliphatic rings. The van der Waals surface area contributed by atoms with E-state index in [1.807, 2.05) is 18.2 Å². The highest BCUT2D eigenvalue weighted by Gasteiger charge is 2.33. The lowest BCUT2D eigenvalue weighted by molar-refractivity contribution is -0.122. The number of nitrogens with one attached hydrogen (secondary N) is 2. The molecule has 4 rings (SSSR count).